The van der Waals surface area contributed by atoms with E-state index in [9.17, 15) is 9.59 Å². The van der Waals surface area contributed by atoms with Gasteiger partial charge in [0, 0.05) is 37.0 Å². The Kier molecular flexibility index (Phi) is 5.73. The van der Waals surface area contributed by atoms with Crippen molar-refractivity contribution in [2.24, 2.45) is 5.73 Å². The molecule has 1 aromatic heterocycles. The van der Waals surface area contributed by atoms with Gasteiger partial charge in [-0.1, -0.05) is 5.16 Å². The first-order valence-corrected chi connectivity index (χ1v) is 9.35. The maximum absolute atomic E-state index is 12.3. The average molecular weight is 348 g/mol. The third-order valence-corrected chi connectivity index (χ3v) is 5.12. The molecule has 0 bridgehead atoms. The van der Waals surface area contributed by atoms with Crippen molar-refractivity contribution >= 4 is 11.8 Å². The Morgan fingerprint density at radius 1 is 1.36 bits per heavy atom. The van der Waals surface area contributed by atoms with Crippen LogP contribution in [0.25, 0.3) is 0 Å². The number of hydrogen-bond donors (Lipinski definition) is 2. The number of amides is 2. The zero-order valence-corrected chi connectivity index (χ0v) is 14.9. The van der Waals surface area contributed by atoms with Crippen LogP contribution < -0.4 is 11.1 Å². The van der Waals surface area contributed by atoms with Crippen LogP contribution in [0.4, 0.5) is 0 Å². The minimum Gasteiger partial charge on any atom is -0.360 e. The number of hydrogen-bond acceptors (Lipinski definition) is 5. The second kappa shape index (κ2) is 7.99. The first-order valence-electron chi connectivity index (χ1n) is 9.35. The maximum Gasteiger partial charge on any atom is 0.273 e. The van der Waals surface area contributed by atoms with Crippen LogP contribution in [0.2, 0.25) is 0 Å². The summed E-state index contributed by atoms with van der Waals surface area (Å²) in [7, 11) is 0. The van der Waals surface area contributed by atoms with E-state index in [2.05, 4.69) is 10.5 Å². The molecule has 2 amide bonds. The monoisotopic (exact) mass is 348 g/mol. The zero-order chi connectivity index (χ0) is 17.8. The largest absolute Gasteiger partial charge is 0.360 e. The average Bonchev–Trinajstić information content (AvgIpc) is 3.32. The van der Waals surface area contributed by atoms with E-state index in [-0.39, 0.29) is 23.9 Å². The molecule has 1 saturated carbocycles. The highest BCUT2D eigenvalue weighted by atomic mass is 16.5. The lowest BCUT2D eigenvalue weighted by atomic mass is 9.97. The number of carbonyl (C=O) groups excluding carboxylic acids is 2. The molecule has 7 nitrogen and oxygen atoms in total. The van der Waals surface area contributed by atoms with Crippen molar-refractivity contribution in [3.05, 3.63) is 17.5 Å². The van der Waals surface area contributed by atoms with Crippen molar-refractivity contribution in [3.8, 4) is 0 Å². The summed E-state index contributed by atoms with van der Waals surface area (Å²) in [6, 6.07) is 1.95. The fourth-order valence-electron chi connectivity index (χ4n) is 3.45. The molecule has 3 N–H and O–H groups in total. The SMILES string of the molecule is C[C@@H]1C[C@H](NC(=O)c2cc(C3CC3)on2)CCN1C(=O)CCCCN. The van der Waals surface area contributed by atoms with Crippen molar-refractivity contribution in [2.45, 2.75) is 69.9 Å². The zero-order valence-electron chi connectivity index (χ0n) is 14.9. The first-order chi connectivity index (χ1) is 12.1. The molecule has 2 heterocycles. The van der Waals surface area contributed by atoms with Gasteiger partial charge in [-0.25, -0.2) is 0 Å². The first kappa shape index (κ1) is 17.9. The number of piperidine rings is 1. The van der Waals surface area contributed by atoms with Crippen LogP contribution >= 0.6 is 0 Å². The molecule has 1 aliphatic heterocycles. The van der Waals surface area contributed by atoms with Gasteiger partial charge in [-0.3, -0.25) is 9.59 Å². The van der Waals surface area contributed by atoms with E-state index in [0.717, 1.165) is 44.3 Å². The van der Waals surface area contributed by atoms with Gasteiger partial charge >= 0.3 is 0 Å². The van der Waals surface area contributed by atoms with E-state index < -0.39 is 0 Å². The smallest absolute Gasteiger partial charge is 0.273 e. The van der Waals surface area contributed by atoms with E-state index in [1.54, 1.807) is 6.07 Å². The van der Waals surface area contributed by atoms with Gasteiger partial charge in [0.2, 0.25) is 5.91 Å². The molecule has 1 aromatic rings. The summed E-state index contributed by atoms with van der Waals surface area (Å²) in [5.41, 5.74) is 5.83. The predicted octanol–water partition coefficient (Wildman–Crippen LogP) is 1.79. The van der Waals surface area contributed by atoms with Gasteiger partial charge in [-0.2, -0.15) is 0 Å². The standard InChI is InChI=1S/C18H28N4O3/c1-12-10-14(7-9-22(12)17(23)4-2-3-8-19)20-18(24)15-11-16(25-21-15)13-5-6-13/h11-14H,2-10,19H2,1H3,(H,20,24)/t12-,14-/m1/s1. The van der Waals surface area contributed by atoms with Gasteiger partial charge in [-0.15, -0.1) is 0 Å². The number of nitrogens with two attached hydrogens (primary N) is 1. The van der Waals surface area contributed by atoms with E-state index in [0.29, 0.717) is 31.1 Å². The van der Waals surface area contributed by atoms with E-state index in [4.69, 9.17) is 10.3 Å². The van der Waals surface area contributed by atoms with Crippen LogP contribution in [0.1, 0.15) is 74.0 Å². The molecule has 7 heteroatoms. The quantitative estimate of drug-likeness (QED) is 0.732. The second-order valence-electron chi connectivity index (χ2n) is 7.27. The van der Waals surface area contributed by atoms with Crippen LogP contribution in [-0.2, 0) is 4.79 Å². The topological polar surface area (TPSA) is 101 Å². The molecule has 0 unspecified atom stereocenters. The molecule has 1 saturated heterocycles. The molecular formula is C18H28N4O3. The Morgan fingerprint density at radius 2 is 2.16 bits per heavy atom. The lowest BCUT2D eigenvalue weighted by Gasteiger charge is -2.38. The molecule has 2 aliphatic rings. The number of nitrogens with one attached hydrogen (secondary N) is 1. The fourth-order valence-corrected chi connectivity index (χ4v) is 3.45. The van der Waals surface area contributed by atoms with Gasteiger partial charge in [0.05, 0.1) is 0 Å². The van der Waals surface area contributed by atoms with Gasteiger partial charge in [-0.05, 0) is 52.0 Å². The van der Waals surface area contributed by atoms with Gasteiger partial charge < -0.3 is 20.5 Å². The summed E-state index contributed by atoms with van der Waals surface area (Å²) in [4.78, 5) is 26.6. The van der Waals surface area contributed by atoms with E-state index >= 15 is 0 Å². The number of likely N-dealkylation sites (tertiary alicyclic amines) is 1. The third-order valence-electron chi connectivity index (χ3n) is 5.12. The molecule has 138 valence electrons. The highest BCUT2D eigenvalue weighted by Crippen LogP contribution is 2.40. The van der Waals surface area contributed by atoms with Gasteiger partial charge in [0.25, 0.3) is 5.91 Å². The van der Waals surface area contributed by atoms with Crippen LogP contribution in [0.3, 0.4) is 0 Å². The summed E-state index contributed by atoms with van der Waals surface area (Å²) < 4.78 is 5.24. The molecule has 2 atom stereocenters. The van der Waals surface area contributed by atoms with Crippen molar-refractivity contribution in [3.63, 3.8) is 0 Å². The molecule has 1 aliphatic carbocycles. The lowest BCUT2D eigenvalue weighted by molar-refractivity contribution is -0.134. The summed E-state index contributed by atoms with van der Waals surface area (Å²) in [5, 5.41) is 6.92. The van der Waals surface area contributed by atoms with E-state index in [1.165, 1.54) is 0 Å². The van der Waals surface area contributed by atoms with Crippen LogP contribution in [0.15, 0.2) is 10.6 Å². The van der Waals surface area contributed by atoms with Crippen molar-refractivity contribution in [1.29, 1.82) is 0 Å². The Morgan fingerprint density at radius 3 is 2.84 bits per heavy atom. The maximum atomic E-state index is 12.3. The lowest BCUT2D eigenvalue weighted by Crippen LogP contribution is -2.50. The summed E-state index contributed by atoms with van der Waals surface area (Å²) in [6.45, 7) is 3.35. The number of carbonyl (C=O) groups is 2. The number of aromatic nitrogens is 1. The van der Waals surface area contributed by atoms with Gasteiger partial charge in [0.15, 0.2) is 5.69 Å². The second-order valence-corrected chi connectivity index (χ2v) is 7.27. The molecule has 3 rings (SSSR count). The Bertz CT molecular complexity index is 611. The summed E-state index contributed by atoms with van der Waals surface area (Å²) in [5.74, 6) is 1.27. The van der Waals surface area contributed by atoms with Gasteiger partial charge in [0.1, 0.15) is 5.76 Å². The predicted molar refractivity (Wildman–Crippen MR) is 93.0 cm³/mol. The van der Waals surface area contributed by atoms with Crippen molar-refractivity contribution in [1.82, 2.24) is 15.4 Å². The Labute approximate surface area is 148 Å². The fraction of sp³-hybridized carbons (Fsp3) is 0.722. The molecule has 25 heavy (non-hydrogen) atoms. The Balaban J connectivity index is 1.47. The molecule has 0 aromatic carbocycles. The van der Waals surface area contributed by atoms with Crippen molar-refractivity contribution in [2.75, 3.05) is 13.1 Å². The van der Waals surface area contributed by atoms with Crippen molar-refractivity contribution < 1.29 is 14.1 Å². The number of nitrogens with zero attached hydrogens (tertiary/aromatic N) is 2. The Hall–Kier alpha value is -1.89. The summed E-state index contributed by atoms with van der Waals surface area (Å²) in [6.07, 6.45) is 6.05. The van der Waals surface area contributed by atoms with Crippen LogP contribution in [-0.4, -0.2) is 47.0 Å². The minimum atomic E-state index is -0.185. The summed E-state index contributed by atoms with van der Waals surface area (Å²) >= 11 is 0. The molecule has 0 spiro atoms. The van der Waals surface area contributed by atoms with Crippen LogP contribution in [0.5, 0.6) is 0 Å². The minimum absolute atomic E-state index is 0.0664. The third kappa shape index (κ3) is 4.60. The highest BCUT2D eigenvalue weighted by molar-refractivity contribution is 5.92. The number of unbranched alkanes of at least 4 members (excludes halogenated alkanes) is 1. The normalized spacial score (nSPS) is 23.5. The molecule has 0 radical (unpaired) electrons. The van der Waals surface area contributed by atoms with E-state index in [1.807, 2.05) is 11.8 Å². The molecule has 2 fully saturated rings. The molecular weight excluding hydrogens is 320 g/mol. The van der Waals surface area contributed by atoms with Crippen LogP contribution in [0, 0.1) is 0 Å². The number of rotatable bonds is 7. The highest BCUT2D eigenvalue weighted by Gasteiger charge is 2.31.